The Morgan fingerprint density at radius 3 is 2.64 bits per heavy atom. The van der Waals surface area contributed by atoms with E-state index in [9.17, 15) is 14.4 Å². The minimum atomic E-state index is -0.203. The van der Waals surface area contributed by atoms with Gasteiger partial charge in [0.1, 0.15) is 5.76 Å². The lowest BCUT2D eigenvalue weighted by Crippen LogP contribution is -2.27. The van der Waals surface area contributed by atoms with Crippen molar-refractivity contribution in [2.24, 2.45) is 0 Å². The summed E-state index contributed by atoms with van der Waals surface area (Å²) < 4.78 is 6.76. The topological polar surface area (TPSA) is 106 Å². The van der Waals surface area contributed by atoms with Gasteiger partial charge in [0, 0.05) is 24.5 Å². The molecule has 0 aliphatic carbocycles. The Balaban J connectivity index is 1.37. The van der Waals surface area contributed by atoms with E-state index in [4.69, 9.17) is 16.0 Å². The summed E-state index contributed by atoms with van der Waals surface area (Å²) in [5, 5.41) is 7.20. The third-order valence-corrected chi connectivity index (χ3v) is 6.57. The van der Waals surface area contributed by atoms with Gasteiger partial charge < -0.3 is 15.1 Å². The summed E-state index contributed by atoms with van der Waals surface area (Å²) in [4.78, 5) is 42.5. The molecule has 0 radical (unpaired) electrons. The summed E-state index contributed by atoms with van der Waals surface area (Å²) in [6.07, 6.45) is 2.23. The van der Waals surface area contributed by atoms with E-state index in [1.165, 1.54) is 16.3 Å². The van der Waals surface area contributed by atoms with Crippen LogP contribution in [-0.2, 0) is 29.2 Å². The lowest BCUT2D eigenvalue weighted by Gasteiger charge is -2.13. The fourth-order valence-electron chi connectivity index (χ4n) is 3.57. The highest BCUT2D eigenvalue weighted by molar-refractivity contribution is 7.99. The lowest BCUT2D eigenvalue weighted by molar-refractivity contribution is -0.121. The first-order valence-electron chi connectivity index (χ1n) is 11.4. The Labute approximate surface area is 217 Å². The molecule has 2 amide bonds. The second kappa shape index (κ2) is 12.4. The third kappa shape index (κ3) is 6.99. The maximum Gasteiger partial charge on any atom is 0.262 e. The highest BCUT2D eigenvalue weighted by Gasteiger charge is 2.14. The van der Waals surface area contributed by atoms with Gasteiger partial charge in [0.05, 0.1) is 29.5 Å². The van der Waals surface area contributed by atoms with E-state index in [1.54, 1.807) is 48.7 Å². The molecule has 0 saturated heterocycles. The van der Waals surface area contributed by atoms with Gasteiger partial charge in [-0.15, -0.1) is 0 Å². The number of thioether (sulfide) groups is 1. The fourth-order valence-corrected chi connectivity index (χ4v) is 4.64. The zero-order valence-electron chi connectivity index (χ0n) is 19.4. The van der Waals surface area contributed by atoms with Crippen LogP contribution in [0.3, 0.4) is 0 Å². The Morgan fingerprint density at radius 1 is 1.00 bits per heavy atom. The van der Waals surface area contributed by atoms with Crippen molar-refractivity contribution >= 4 is 46.1 Å². The molecule has 0 spiro atoms. The summed E-state index contributed by atoms with van der Waals surface area (Å²) in [6.45, 7) is 0.970. The predicted molar refractivity (Wildman–Crippen MR) is 140 cm³/mol. The highest BCUT2D eigenvalue weighted by Crippen LogP contribution is 2.18. The van der Waals surface area contributed by atoms with Crippen molar-refractivity contribution in [3.05, 3.63) is 93.6 Å². The van der Waals surface area contributed by atoms with E-state index < -0.39 is 0 Å². The molecule has 0 unspecified atom stereocenters. The van der Waals surface area contributed by atoms with E-state index in [-0.39, 0.29) is 36.1 Å². The van der Waals surface area contributed by atoms with Gasteiger partial charge in [0.2, 0.25) is 11.8 Å². The standard InChI is InChI=1S/C26H25ClN4O4S/c27-19-7-3-6-18(14-19)15-28-23(32)11-4-12-31-25(34)21-9-1-2-10-22(21)30-26(31)36-17-24(33)29-16-20-8-5-13-35-20/h1-3,5-10,13-14H,4,11-12,15-17H2,(H,28,32)(H,29,33). The van der Waals surface area contributed by atoms with Crippen LogP contribution in [0.2, 0.25) is 5.02 Å². The summed E-state index contributed by atoms with van der Waals surface area (Å²) in [5.74, 6) is 0.419. The number of hydrogen-bond donors (Lipinski definition) is 2. The van der Waals surface area contributed by atoms with Gasteiger partial charge in [-0.05, 0) is 48.4 Å². The van der Waals surface area contributed by atoms with E-state index in [2.05, 4.69) is 15.6 Å². The van der Waals surface area contributed by atoms with Gasteiger partial charge in [-0.3, -0.25) is 19.0 Å². The van der Waals surface area contributed by atoms with Crippen LogP contribution in [0.5, 0.6) is 0 Å². The second-order valence-electron chi connectivity index (χ2n) is 8.02. The van der Waals surface area contributed by atoms with E-state index in [0.29, 0.717) is 46.4 Å². The monoisotopic (exact) mass is 524 g/mol. The molecule has 2 heterocycles. The largest absolute Gasteiger partial charge is 0.467 e. The van der Waals surface area contributed by atoms with Crippen molar-refractivity contribution < 1.29 is 14.0 Å². The Kier molecular flexibility index (Phi) is 8.80. The number of furan rings is 1. The number of carbonyl (C=O) groups excluding carboxylic acids is 2. The molecule has 4 aromatic rings. The normalized spacial score (nSPS) is 10.9. The lowest BCUT2D eigenvalue weighted by atomic mass is 10.2. The zero-order valence-corrected chi connectivity index (χ0v) is 21.0. The van der Waals surface area contributed by atoms with Gasteiger partial charge in [-0.2, -0.15) is 0 Å². The number of nitrogens with one attached hydrogen (secondary N) is 2. The Hall–Kier alpha value is -3.56. The first kappa shape index (κ1) is 25.5. The average Bonchev–Trinajstić information content (AvgIpc) is 3.40. The maximum atomic E-state index is 13.2. The fraction of sp³-hybridized carbons (Fsp3) is 0.231. The second-order valence-corrected chi connectivity index (χ2v) is 9.40. The van der Waals surface area contributed by atoms with Crippen LogP contribution in [0.4, 0.5) is 0 Å². The Bertz CT molecular complexity index is 1400. The van der Waals surface area contributed by atoms with Crippen molar-refractivity contribution in [2.45, 2.75) is 37.6 Å². The van der Waals surface area contributed by atoms with Gasteiger partial charge in [-0.1, -0.05) is 47.6 Å². The van der Waals surface area contributed by atoms with Crippen LogP contribution < -0.4 is 16.2 Å². The molecule has 0 bridgehead atoms. The van der Waals surface area contributed by atoms with E-state index >= 15 is 0 Å². The minimum Gasteiger partial charge on any atom is -0.467 e. The molecule has 0 saturated carbocycles. The number of halogens is 1. The van der Waals surface area contributed by atoms with E-state index in [0.717, 1.165) is 5.56 Å². The Morgan fingerprint density at radius 2 is 1.83 bits per heavy atom. The molecular weight excluding hydrogens is 500 g/mol. The third-order valence-electron chi connectivity index (χ3n) is 5.36. The van der Waals surface area contributed by atoms with Crippen molar-refractivity contribution in [3.8, 4) is 0 Å². The van der Waals surface area contributed by atoms with Crippen LogP contribution in [-0.4, -0.2) is 27.1 Å². The molecule has 10 heteroatoms. The maximum absolute atomic E-state index is 13.2. The van der Waals surface area contributed by atoms with Crippen LogP contribution in [0.1, 0.15) is 24.2 Å². The molecule has 36 heavy (non-hydrogen) atoms. The summed E-state index contributed by atoms with van der Waals surface area (Å²) in [5.41, 5.74) is 1.28. The van der Waals surface area contributed by atoms with Crippen LogP contribution >= 0.6 is 23.4 Å². The van der Waals surface area contributed by atoms with Gasteiger partial charge in [0.25, 0.3) is 5.56 Å². The number of fused-ring (bicyclic) bond motifs is 1. The van der Waals surface area contributed by atoms with Crippen LogP contribution in [0.25, 0.3) is 10.9 Å². The number of carbonyl (C=O) groups is 2. The SMILES string of the molecule is O=C(CCCn1c(SCC(=O)NCc2ccco2)nc2ccccc2c1=O)NCc1cccc(Cl)c1. The molecular formula is C26H25ClN4O4S. The van der Waals surface area contributed by atoms with Crippen molar-refractivity contribution in [1.29, 1.82) is 0 Å². The molecule has 2 N–H and O–H groups in total. The van der Waals surface area contributed by atoms with Crippen LogP contribution in [0.15, 0.2) is 81.3 Å². The van der Waals surface area contributed by atoms with E-state index in [1.807, 2.05) is 18.2 Å². The van der Waals surface area contributed by atoms with Crippen LogP contribution in [0, 0.1) is 0 Å². The molecule has 0 aliphatic heterocycles. The highest BCUT2D eigenvalue weighted by atomic mass is 35.5. The van der Waals surface area contributed by atoms with Gasteiger partial charge in [-0.25, -0.2) is 4.98 Å². The average molecular weight is 525 g/mol. The summed E-state index contributed by atoms with van der Waals surface area (Å²) in [7, 11) is 0. The molecule has 0 fully saturated rings. The smallest absolute Gasteiger partial charge is 0.262 e. The number of nitrogens with zero attached hydrogens (tertiary/aromatic N) is 2. The number of amides is 2. The first-order chi connectivity index (χ1) is 17.5. The predicted octanol–water partition coefficient (Wildman–Crippen LogP) is 4.15. The summed E-state index contributed by atoms with van der Waals surface area (Å²) >= 11 is 7.17. The summed E-state index contributed by atoms with van der Waals surface area (Å²) in [6, 6.07) is 17.9. The van der Waals surface area contributed by atoms with Crippen molar-refractivity contribution in [3.63, 3.8) is 0 Å². The minimum absolute atomic E-state index is 0.0889. The van der Waals surface area contributed by atoms with Gasteiger partial charge in [0.15, 0.2) is 5.16 Å². The number of rotatable bonds is 11. The van der Waals surface area contributed by atoms with Crippen molar-refractivity contribution in [1.82, 2.24) is 20.2 Å². The zero-order chi connectivity index (χ0) is 25.3. The van der Waals surface area contributed by atoms with Crippen molar-refractivity contribution in [2.75, 3.05) is 5.75 Å². The quantitative estimate of drug-likeness (QED) is 0.225. The molecule has 0 aliphatic rings. The molecule has 2 aromatic carbocycles. The first-order valence-corrected chi connectivity index (χ1v) is 12.8. The number of aromatic nitrogens is 2. The number of hydrogen-bond acceptors (Lipinski definition) is 6. The number of para-hydroxylation sites is 1. The molecule has 186 valence electrons. The van der Waals surface area contributed by atoms with Gasteiger partial charge >= 0.3 is 0 Å². The molecule has 4 rings (SSSR count). The molecule has 0 atom stereocenters. The number of benzene rings is 2. The molecule has 8 nitrogen and oxygen atoms in total. The molecule has 2 aromatic heterocycles.